The molecule has 0 radical (unpaired) electrons. The van der Waals surface area contributed by atoms with E-state index in [4.69, 9.17) is 20.3 Å². The van der Waals surface area contributed by atoms with E-state index in [1.165, 1.54) is 0 Å². The molecule has 114 valence electrons. The summed E-state index contributed by atoms with van der Waals surface area (Å²) in [6.45, 7) is 0.813. The first-order valence-corrected chi connectivity index (χ1v) is 7.25. The van der Waals surface area contributed by atoms with Crippen LogP contribution in [0.2, 0.25) is 0 Å². The normalized spacial score (nSPS) is 35.5. The Morgan fingerprint density at radius 2 is 1.79 bits per heavy atom. The van der Waals surface area contributed by atoms with Crippen LogP contribution in [0.15, 0.2) is 0 Å². The molecule has 1 rings (SSSR count). The van der Waals surface area contributed by atoms with Crippen LogP contribution >= 0.6 is 12.6 Å². The van der Waals surface area contributed by atoms with Gasteiger partial charge < -0.3 is 30.5 Å². The zero-order valence-electron chi connectivity index (χ0n) is 11.0. The highest BCUT2D eigenvalue weighted by Crippen LogP contribution is 2.25. The number of nitrogens with two attached hydrogens (primary N) is 1. The van der Waals surface area contributed by atoms with Crippen molar-refractivity contribution >= 4 is 12.6 Å². The van der Waals surface area contributed by atoms with Gasteiger partial charge in [0.2, 0.25) is 0 Å². The average molecular weight is 295 g/mol. The van der Waals surface area contributed by atoms with E-state index in [1.807, 2.05) is 0 Å². The number of unbranched alkanes of at least 4 members (excludes halogenated alkanes) is 3. The first kappa shape index (κ1) is 17.2. The summed E-state index contributed by atoms with van der Waals surface area (Å²) in [5.41, 5.74) is 4.75. The SMILES string of the molecule is NCCCCCCO[C@@H]1[C@@H](O)[C@@H](O)[C@@H](CO)O[C@H]1S. The molecule has 1 aliphatic rings. The lowest BCUT2D eigenvalue weighted by atomic mass is 10.0. The number of hydrogen-bond acceptors (Lipinski definition) is 7. The molecule has 5 N–H and O–H groups in total. The molecule has 0 aliphatic carbocycles. The molecule has 0 aromatic heterocycles. The summed E-state index contributed by atoms with van der Waals surface area (Å²) in [6, 6.07) is 0. The summed E-state index contributed by atoms with van der Waals surface area (Å²) in [5, 5.41) is 28.7. The molecule has 0 unspecified atom stereocenters. The average Bonchev–Trinajstić information content (AvgIpc) is 2.41. The number of rotatable bonds is 8. The Morgan fingerprint density at radius 3 is 2.42 bits per heavy atom. The van der Waals surface area contributed by atoms with Gasteiger partial charge in [0.1, 0.15) is 29.9 Å². The van der Waals surface area contributed by atoms with Crippen LogP contribution in [-0.2, 0) is 9.47 Å². The third-order valence-corrected chi connectivity index (χ3v) is 3.67. The minimum absolute atomic E-state index is 0.360. The molecule has 0 aromatic carbocycles. The first-order valence-electron chi connectivity index (χ1n) is 6.74. The van der Waals surface area contributed by atoms with E-state index in [-0.39, 0.29) is 6.61 Å². The molecule has 7 heteroatoms. The fraction of sp³-hybridized carbons (Fsp3) is 1.00. The second kappa shape index (κ2) is 9.12. The molecule has 0 saturated carbocycles. The van der Waals surface area contributed by atoms with Crippen molar-refractivity contribution in [2.24, 2.45) is 5.73 Å². The van der Waals surface area contributed by atoms with Crippen LogP contribution < -0.4 is 5.73 Å². The van der Waals surface area contributed by atoms with Crippen LogP contribution in [0.3, 0.4) is 0 Å². The van der Waals surface area contributed by atoms with E-state index in [1.54, 1.807) is 0 Å². The fourth-order valence-corrected chi connectivity index (χ4v) is 2.49. The highest BCUT2D eigenvalue weighted by molar-refractivity contribution is 7.80. The Balaban J connectivity index is 2.28. The third kappa shape index (κ3) is 5.18. The lowest BCUT2D eigenvalue weighted by Gasteiger charge is -2.40. The monoisotopic (exact) mass is 295 g/mol. The van der Waals surface area contributed by atoms with Crippen LogP contribution in [0.5, 0.6) is 0 Å². The van der Waals surface area contributed by atoms with Gasteiger partial charge in [0, 0.05) is 6.61 Å². The van der Waals surface area contributed by atoms with Crippen molar-refractivity contribution in [3.63, 3.8) is 0 Å². The lowest BCUT2D eigenvalue weighted by Crippen LogP contribution is -2.57. The topological polar surface area (TPSA) is 105 Å². The molecule has 0 amide bonds. The Kier molecular flexibility index (Phi) is 8.24. The van der Waals surface area contributed by atoms with Gasteiger partial charge in [0.25, 0.3) is 0 Å². The van der Waals surface area contributed by atoms with Gasteiger partial charge in [-0.2, -0.15) is 0 Å². The van der Waals surface area contributed by atoms with E-state index in [2.05, 4.69) is 12.6 Å². The minimum Gasteiger partial charge on any atom is -0.394 e. The van der Waals surface area contributed by atoms with E-state index in [0.717, 1.165) is 25.7 Å². The van der Waals surface area contributed by atoms with Crippen molar-refractivity contribution in [2.75, 3.05) is 19.8 Å². The Morgan fingerprint density at radius 1 is 1.11 bits per heavy atom. The van der Waals surface area contributed by atoms with E-state index >= 15 is 0 Å². The molecule has 0 aromatic rings. The van der Waals surface area contributed by atoms with Gasteiger partial charge in [0.05, 0.1) is 6.61 Å². The van der Waals surface area contributed by atoms with Crippen LogP contribution in [-0.4, -0.2) is 64.9 Å². The van der Waals surface area contributed by atoms with Crippen molar-refractivity contribution in [3.8, 4) is 0 Å². The predicted octanol–water partition coefficient (Wildman–Crippen LogP) is -0.740. The van der Waals surface area contributed by atoms with Crippen molar-refractivity contribution in [1.29, 1.82) is 0 Å². The summed E-state index contributed by atoms with van der Waals surface area (Å²) in [6.07, 6.45) is 0.179. The predicted molar refractivity (Wildman–Crippen MR) is 74.0 cm³/mol. The van der Waals surface area contributed by atoms with Crippen LogP contribution in [0.1, 0.15) is 25.7 Å². The summed E-state index contributed by atoms with van der Waals surface area (Å²) >= 11 is 4.18. The summed E-state index contributed by atoms with van der Waals surface area (Å²) in [5.74, 6) is 0. The highest BCUT2D eigenvalue weighted by atomic mass is 32.1. The van der Waals surface area contributed by atoms with Gasteiger partial charge in [0.15, 0.2) is 0 Å². The van der Waals surface area contributed by atoms with Gasteiger partial charge >= 0.3 is 0 Å². The van der Waals surface area contributed by atoms with Crippen molar-refractivity contribution in [3.05, 3.63) is 0 Å². The Bertz CT molecular complexity index is 246. The van der Waals surface area contributed by atoms with Crippen molar-refractivity contribution in [1.82, 2.24) is 0 Å². The quantitative estimate of drug-likeness (QED) is 0.298. The van der Waals surface area contributed by atoms with Crippen LogP contribution in [0.4, 0.5) is 0 Å². The van der Waals surface area contributed by atoms with E-state index < -0.39 is 29.9 Å². The number of thiol groups is 1. The van der Waals surface area contributed by atoms with E-state index in [0.29, 0.717) is 13.2 Å². The first-order chi connectivity index (χ1) is 9.11. The standard InChI is InChI=1S/C12H25NO5S/c13-5-3-1-2-4-6-17-11-10(16)9(15)8(7-14)18-12(11)19/h8-12,14-16,19H,1-7,13H2/t8-,9+,10+,11-,12+/m1/s1. The second-order valence-electron chi connectivity index (χ2n) is 4.77. The fourth-order valence-electron chi connectivity index (χ4n) is 2.07. The molecule has 5 atom stereocenters. The molecule has 1 fully saturated rings. The lowest BCUT2D eigenvalue weighted by molar-refractivity contribution is -0.218. The number of ether oxygens (including phenoxy) is 2. The molecule has 1 aliphatic heterocycles. The summed E-state index contributed by atoms with van der Waals surface area (Å²) < 4.78 is 10.8. The van der Waals surface area contributed by atoms with Crippen LogP contribution in [0.25, 0.3) is 0 Å². The molecule has 1 heterocycles. The van der Waals surface area contributed by atoms with Gasteiger partial charge in [-0.15, -0.1) is 12.6 Å². The number of aliphatic hydroxyl groups excluding tert-OH is 3. The van der Waals surface area contributed by atoms with Gasteiger partial charge in [-0.25, -0.2) is 0 Å². The molecule has 19 heavy (non-hydrogen) atoms. The summed E-state index contributed by atoms with van der Waals surface area (Å²) in [7, 11) is 0. The molecular formula is C12H25NO5S. The molecule has 0 spiro atoms. The molecule has 0 bridgehead atoms. The van der Waals surface area contributed by atoms with Crippen molar-refractivity contribution in [2.45, 2.75) is 55.5 Å². The Hall–Kier alpha value is 0.110. The Labute approximate surface area is 119 Å². The van der Waals surface area contributed by atoms with Crippen molar-refractivity contribution < 1.29 is 24.8 Å². The minimum atomic E-state index is -1.16. The maximum Gasteiger partial charge on any atom is 0.129 e. The maximum atomic E-state index is 9.92. The number of aliphatic hydroxyl groups is 3. The molecular weight excluding hydrogens is 270 g/mol. The third-order valence-electron chi connectivity index (χ3n) is 3.25. The van der Waals surface area contributed by atoms with Gasteiger partial charge in [-0.1, -0.05) is 12.8 Å². The number of hydrogen-bond donors (Lipinski definition) is 5. The zero-order chi connectivity index (χ0) is 14.3. The summed E-state index contributed by atoms with van der Waals surface area (Å²) in [4.78, 5) is 0. The zero-order valence-corrected chi connectivity index (χ0v) is 11.9. The largest absolute Gasteiger partial charge is 0.394 e. The molecule has 1 saturated heterocycles. The smallest absolute Gasteiger partial charge is 0.129 e. The van der Waals surface area contributed by atoms with Crippen LogP contribution in [0, 0.1) is 0 Å². The van der Waals surface area contributed by atoms with E-state index in [9.17, 15) is 10.2 Å². The van der Waals surface area contributed by atoms with Gasteiger partial charge in [-0.05, 0) is 19.4 Å². The van der Waals surface area contributed by atoms with Gasteiger partial charge in [-0.3, -0.25) is 0 Å². The highest BCUT2D eigenvalue weighted by Gasteiger charge is 2.43. The second-order valence-corrected chi connectivity index (χ2v) is 5.28. The molecule has 6 nitrogen and oxygen atoms in total. The maximum absolute atomic E-state index is 9.92.